The van der Waals surface area contributed by atoms with E-state index in [9.17, 15) is 4.79 Å². The minimum Gasteiger partial charge on any atom is -0.321 e. The fraction of sp³-hybridized carbons (Fsp3) is 0.364. The first-order valence-electron chi connectivity index (χ1n) is 9.82. The maximum absolute atomic E-state index is 13.0. The molecule has 3 aromatic rings. The van der Waals surface area contributed by atoms with E-state index in [1.165, 1.54) is 0 Å². The minimum atomic E-state index is -0.159. The molecule has 1 N–H and O–H groups in total. The van der Waals surface area contributed by atoms with Crippen LogP contribution in [0.4, 0.5) is 16.3 Å². The van der Waals surface area contributed by atoms with Crippen molar-refractivity contribution < 1.29 is 4.79 Å². The number of anilines is 2. The van der Waals surface area contributed by atoms with Gasteiger partial charge in [0.05, 0.1) is 0 Å². The van der Waals surface area contributed by atoms with Gasteiger partial charge in [0.2, 0.25) is 0 Å². The Morgan fingerprint density at radius 2 is 2.10 bits per heavy atom. The number of carbonyl (C=O) groups excluding carboxylic acids is 1. The Bertz CT molecular complexity index is 1040. The summed E-state index contributed by atoms with van der Waals surface area (Å²) >= 11 is 0. The molecular formula is C22H26N6O. The topological polar surface area (TPSA) is 75.9 Å². The number of carbonyl (C=O) groups is 1. The van der Waals surface area contributed by atoms with E-state index in [0.717, 1.165) is 34.9 Å². The first-order chi connectivity index (χ1) is 13.8. The van der Waals surface area contributed by atoms with Gasteiger partial charge in [-0.15, -0.1) is 10.2 Å². The average molecular weight is 390 g/mol. The number of urea groups is 1. The van der Waals surface area contributed by atoms with Crippen LogP contribution in [0.25, 0.3) is 0 Å². The van der Waals surface area contributed by atoms with Gasteiger partial charge in [0, 0.05) is 42.9 Å². The Morgan fingerprint density at radius 3 is 2.86 bits per heavy atom. The highest BCUT2D eigenvalue weighted by Crippen LogP contribution is 2.38. The lowest BCUT2D eigenvalue weighted by atomic mass is 9.88. The highest BCUT2D eigenvalue weighted by atomic mass is 16.2. The van der Waals surface area contributed by atoms with Gasteiger partial charge in [0.1, 0.15) is 18.0 Å². The fourth-order valence-electron chi connectivity index (χ4n) is 3.86. The molecule has 2 aromatic heterocycles. The fourth-order valence-corrected chi connectivity index (χ4v) is 3.86. The van der Waals surface area contributed by atoms with E-state index >= 15 is 0 Å². The smallest absolute Gasteiger partial charge is 0.321 e. The summed E-state index contributed by atoms with van der Waals surface area (Å²) < 4.78 is 1.93. The molecule has 1 aliphatic heterocycles. The Morgan fingerprint density at radius 1 is 1.28 bits per heavy atom. The molecule has 0 saturated heterocycles. The van der Waals surface area contributed by atoms with E-state index in [0.29, 0.717) is 6.54 Å². The van der Waals surface area contributed by atoms with Crippen molar-refractivity contribution >= 4 is 17.5 Å². The molecule has 29 heavy (non-hydrogen) atoms. The third kappa shape index (κ3) is 3.72. The van der Waals surface area contributed by atoms with Gasteiger partial charge in [0.15, 0.2) is 0 Å². The van der Waals surface area contributed by atoms with Gasteiger partial charge < -0.3 is 9.88 Å². The minimum absolute atomic E-state index is 0.118. The number of aryl methyl sites for hydroxylation is 1. The molecule has 2 amide bonds. The number of hydrogen-bond acceptors (Lipinski definition) is 4. The average Bonchev–Trinajstić information content (AvgIpc) is 3.22. The van der Waals surface area contributed by atoms with Crippen molar-refractivity contribution in [3.63, 3.8) is 0 Å². The highest BCUT2D eigenvalue weighted by molar-refractivity contribution is 6.02. The summed E-state index contributed by atoms with van der Waals surface area (Å²) in [4.78, 5) is 19.2. The maximum atomic E-state index is 13.0. The third-order valence-electron chi connectivity index (χ3n) is 5.57. The molecule has 0 spiro atoms. The molecule has 1 aromatic carbocycles. The predicted octanol–water partition coefficient (Wildman–Crippen LogP) is 3.89. The molecule has 0 radical (unpaired) electrons. The van der Waals surface area contributed by atoms with Crippen molar-refractivity contribution in [2.45, 2.75) is 38.5 Å². The number of pyridine rings is 1. The van der Waals surface area contributed by atoms with Crippen LogP contribution in [0.15, 0.2) is 48.9 Å². The third-order valence-corrected chi connectivity index (χ3v) is 5.57. The summed E-state index contributed by atoms with van der Waals surface area (Å²) in [5.74, 6) is 1.93. The van der Waals surface area contributed by atoms with Crippen LogP contribution in [0.2, 0.25) is 0 Å². The lowest BCUT2D eigenvalue weighted by Crippen LogP contribution is -2.37. The largest absolute Gasteiger partial charge is 0.327 e. The quantitative estimate of drug-likeness (QED) is 0.733. The molecule has 3 heterocycles. The lowest BCUT2D eigenvalue weighted by molar-refractivity contribution is 0.256. The van der Waals surface area contributed by atoms with Gasteiger partial charge in [-0.3, -0.25) is 4.90 Å². The standard InChI is InChI=1S/C22H26N6O/c1-15(11-19-26-24-14-27(19)4)16-7-5-8-17(12-16)25-21(29)28-13-22(2,3)18-9-6-10-23-20(18)28/h5-10,12,14-15H,11,13H2,1-4H3,(H,25,29)/t15-/m1/s1. The van der Waals surface area contributed by atoms with E-state index in [1.807, 2.05) is 41.9 Å². The summed E-state index contributed by atoms with van der Waals surface area (Å²) in [6.45, 7) is 7.03. The molecule has 7 heteroatoms. The van der Waals surface area contributed by atoms with Crippen LogP contribution >= 0.6 is 0 Å². The second-order valence-corrected chi connectivity index (χ2v) is 8.36. The van der Waals surface area contributed by atoms with E-state index in [2.05, 4.69) is 47.3 Å². The molecule has 0 bridgehead atoms. The summed E-state index contributed by atoms with van der Waals surface area (Å²) in [7, 11) is 1.95. The van der Waals surface area contributed by atoms with Crippen molar-refractivity contribution in [3.05, 3.63) is 65.9 Å². The number of nitrogens with zero attached hydrogens (tertiary/aromatic N) is 5. The van der Waals surface area contributed by atoms with Crippen molar-refractivity contribution in [1.29, 1.82) is 0 Å². The molecular weight excluding hydrogens is 364 g/mol. The monoisotopic (exact) mass is 390 g/mol. The molecule has 0 fully saturated rings. The van der Waals surface area contributed by atoms with E-state index in [-0.39, 0.29) is 17.4 Å². The SMILES string of the molecule is C[C@H](Cc1nncn1C)c1cccc(NC(=O)N2CC(C)(C)c3cccnc32)c1. The molecule has 150 valence electrons. The number of nitrogens with one attached hydrogen (secondary N) is 1. The molecule has 0 unspecified atom stereocenters. The lowest BCUT2D eigenvalue weighted by Gasteiger charge is -2.21. The molecule has 1 aliphatic rings. The van der Waals surface area contributed by atoms with Gasteiger partial charge in [0.25, 0.3) is 0 Å². The zero-order chi connectivity index (χ0) is 20.6. The molecule has 4 rings (SSSR count). The van der Waals surface area contributed by atoms with Crippen molar-refractivity contribution in [2.24, 2.45) is 7.05 Å². The van der Waals surface area contributed by atoms with E-state index < -0.39 is 0 Å². The van der Waals surface area contributed by atoms with E-state index in [4.69, 9.17) is 0 Å². The van der Waals surface area contributed by atoms with Crippen molar-refractivity contribution in [2.75, 3.05) is 16.8 Å². The Balaban J connectivity index is 1.50. The van der Waals surface area contributed by atoms with Crippen LogP contribution in [-0.4, -0.2) is 32.3 Å². The molecule has 0 saturated carbocycles. The second kappa shape index (κ2) is 7.31. The van der Waals surface area contributed by atoms with Crippen LogP contribution in [0.5, 0.6) is 0 Å². The Labute approximate surface area is 170 Å². The van der Waals surface area contributed by atoms with Gasteiger partial charge in [-0.05, 0) is 29.7 Å². The first-order valence-corrected chi connectivity index (χ1v) is 9.82. The molecule has 1 atom stereocenters. The van der Waals surface area contributed by atoms with Gasteiger partial charge >= 0.3 is 6.03 Å². The Kier molecular flexibility index (Phi) is 4.82. The summed E-state index contributed by atoms with van der Waals surface area (Å²) in [5.41, 5.74) is 2.90. The van der Waals surface area contributed by atoms with Crippen molar-refractivity contribution in [3.8, 4) is 0 Å². The maximum Gasteiger partial charge on any atom is 0.327 e. The van der Waals surface area contributed by atoms with Gasteiger partial charge in [-0.1, -0.05) is 39.0 Å². The van der Waals surface area contributed by atoms with Gasteiger partial charge in [-0.2, -0.15) is 0 Å². The zero-order valence-electron chi connectivity index (χ0n) is 17.3. The number of hydrogen-bond donors (Lipinski definition) is 1. The van der Waals surface area contributed by atoms with Crippen LogP contribution in [-0.2, 0) is 18.9 Å². The zero-order valence-corrected chi connectivity index (χ0v) is 17.3. The molecule has 7 nitrogen and oxygen atoms in total. The summed E-state index contributed by atoms with van der Waals surface area (Å²) in [6, 6.07) is 11.8. The van der Waals surface area contributed by atoms with Crippen LogP contribution in [0, 0.1) is 0 Å². The van der Waals surface area contributed by atoms with E-state index in [1.54, 1.807) is 17.4 Å². The predicted molar refractivity (Wildman–Crippen MR) is 113 cm³/mol. The highest BCUT2D eigenvalue weighted by Gasteiger charge is 2.38. The number of benzene rings is 1. The summed E-state index contributed by atoms with van der Waals surface area (Å²) in [6.07, 6.45) is 4.23. The number of rotatable bonds is 4. The van der Waals surface area contributed by atoms with Crippen LogP contribution < -0.4 is 10.2 Å². The Hall–Kier alpha value is -3.22. The van der Waals surface area contributed by atoms with Crippen LogP contribution in [0.1, 0.15) is 43.6 Å². The normalized spacial score (nSPS) is 15.8. The molecule has 0 aliphatic carbocycles. The number of fused-ring (bicyclic) bond motifs is 1. The number of amides is 2. The summed E-state index contributed by atoms with van der Waals surface area (Å²) in [5, 5.41) is 11.2. The second-order valence-electron chi connectivity index (χ2n) is 8.36. The van der Waals surface area contributed by atoms with Crippen molar-refractivity contribution in [1.82, 2.24) is 19.7 Å². The van der Waals surface area contributed by atoms with Crippen LogP contribution in [0.3, 0.4) is 0 Å². The first kappa shape index (κ1) is 19.1. The van der Waals surface area contributed by atoms with Gasteiger partial charge in [-0.25, -0.2) is 9.78 Å². The number of aromatic nitrogens is 4.